The average molecular weight is 128 g/mol. The van der Waals surface area contributed by atoms with Crippen LogP contribution in [0.4, 0.5) is 0 Å². The van der Waals surface area contributed by atoms with Crippen molar-refractivity contribution in [3.05, 3.63) is 0 Å². The lowest BCUT2D eigenvalue weighted by Gasteiger charge is -1.94. The summed E-state index contributed by atoms with van der Waals surface area (Å²) in [6.07, 6.45) is 0. The van der Waals surface area contributed by atoms with Gasteiger partial charge in [-0.25, -0.2) is 0 Å². The van der Waals surface area contributed by atoms with E-state index in [1.807, 2.05) is 0 Å². The summed E-state index contributed by atoms with van der Waals surface area (Å²) in [6.45, 7) is -3.22. The molecular weight excluding hydrogens is 124 g/mol. The Morgan fingerprint density at radius 1 is 1.20 bits per heavy atom. The fourth-order valence-electron chi connectivity index (χ4n) is 0. The zero-order valence-electron chi connectivity index (χ0n) is 2.29. The van der Waals surface area contributed by atoms with Gasteiger partial charge in [-0.3, -0.25) is 0 Å². The second-order valence-electron chi connectivity index (χ2n) is 0.600. The quantitative estimate of drug-likeness (QED) is 0.256. The fourth-order valence-corrected chi connectivity index (χ4v) is 0. The van der Waals surface area contributed by atoms with E-state index in [1.165, 1.54) is 0 Å². The summed E-state index contributed by atoms with van der Waals surface area (Å²) in [6, 6.07) is 0. The molecule has 5 heteroatoms. The van der Waals surface area contributed by atoms with Crippen molar-refractivity contribution in [1.29, 1.82) is 0 Å². The van der Waals surface area contributed by atoms with Crippen LogP contribution in [0.5, 0.6) is 0 Å². The van der Waals surface area contributed by atoms with Gasteiger partial charge < -0.3 is 9.59 Å². The summed E-state index contributed by atoms with van der Waals surface area (Å²) in [4.78, 5) is 15.9. The predicted octanol–water partition coefficient (Wildman–Crippen LogP) is -0.734. The van der Waals surface area contributed by atoms with Gasteiger partial charge in [0.1, 0.15) is 0 Å². The van der Waals surface area contributed by atoms with Gasteiger partial charge in [0.25, 0.3) is 0 Å². The summed E-state index contributed by atoms with van der Waals surface area (Å²) in [7, 11) is 0. The molecule has 0 heterocycles. The first-order valence-corrected chi connectivity index (χ1v) is 5.37. The Kier molecular flexibility index (Phi) is 1.78. The molecule has 0 rings (SSSR count). The zero-order valence-corrected chi connectivity index (χ0v) is 5.08. The summed E-state index contributed by atoms with van der Waals surface area (Å²) >= 11 is 6.47. The lowest BCUT2D eigenvalue weighted by Crippen LogP contribution is -2.16. The van der Waals surface area contributed by atoms with E-state index in [2.05, 4.69) is 24.2 Å². The monoisotopic (exact) mass is 128 g/mol. The zero-order chi connectivity index (χ0) is 4.50. The van der Waals surface area contributed by atoms with Gasteiger partial charge in [-0.1, -0.05) is 0 Å². The van der Waals surface area contributed by atoms with E-state index in [4.69, 9.17) is 9.59 Å². The molecule has 0 amide bonds. The first-order valence-electron chi connectivity index (χ1n) is 0.894. The highest BCUT2D eigenvalue weighted by Gasteiger charge is 2.14. The minimum absolute atomic E-state index is 3.22. The maximum Gasteiger partial charge on any atom is 0.463 e. The van der Waals surface area contributed by atoms with Crippen molar-refractivity contribution in [3.63, 3.8) is 0 Å². The number of hydrogen-bond acceptors (Lipinski definition) is 4. The smallest absolute Gasteiger partial charge is 0.395 e. The van der Waals surface area contributed by atoms with Crippen LogP contribution in [-0.2, 0) is 0 Å². The second kappa shape index (κ2) is 1.52. The first kappa shape index (κ1) is 5.84. The van der Waals surface area contributed by atoms with Crippen molar-refractivity contribution >= 4 is 31.0 Å². The van der Waals surface area contributed by atoms with Crippen LogP contribution in [0.15, 0.2) is 0 Å². The van der Waals surface area contributed by atoms with Crippen molar-refractivity contribution in [3.8, 4) is 0 Å². The molecule has 0 aliphatic rings. The van der Waals surface area contributed by atoms with Gasteiger partial charge in [0.05, 0.1) is 0 Å². The molecule has 0 fully saturated rings. The van der Waals surface area contributed by atoms with Gasteiger partial charge in [-0.2, -0.15) is 0 Å². The molecule has 0 saturated heterocycles. The SMILES string of the molecule is O[Si](O)(S)S. The predicted molar refractivity (Wildman–Crippen MR) is 28.2 cm³/mol. The maximum atomic E-state index is 7.94. The maximum absolute atomic E-state index is 7.94. The molecule has 2 nitrogen and oxygen atoms in total. The highest BCUT2D eigenvalue weighted by Crippen LogP contribution is 1.99. The molecule has 0 unspecified atom stereocenters. The molecule has 5 heavy (non-hydrogen) atoms. The van der Waals surface area contributed by atoms with Crippen LogP contribution in [0.25, 0.3) is 0 Å². The van der Waals surface area contributed by atoms with E-state index < -0.39 is 6.86 Å². The number of thiol groups is 2. The highest BCUT2D eigenvalue weighted by molar-refractivity contribution is 8.42. The molecule has 0 bridgehead atoms. The molecule has 0 radical (unpaired) electrons. The third-order valence-corrected chi connectivity index (χ3v) is 0. The van der Waals surface area contributed by atoms with Crippen LogP contribution < -0.4 is 0 Å². The first-order chi connectivity index (χ1) is 2.00. The van der Waals surface area contributed by atoms with Crippen molar-refractivity contribution in [2.45, 2.75) is 0 Å². The van der Waals surface area contributed by atoms with Crippen LogP contribution in [-0.4, -0.2) is 16.5 Å². The number of rotatable bonds is 0. The number of hydrogen-bond donors (Lipinski definition) is 4. The van der Waals surface area contributed by atoms with E-state index in [0.717, 1.165) is 0 Å². The summed E-state index contributed by atoms with van der Waals surface area (Å²) < 4.78 is 0. The van der Waals surface area contributed by atoms with Gasteiger partial charge in [0.15, 0.2) is 0 Å². The van der Waals surface area contributed by atoms with Crippen LogP contribution >= 0.6 is 24.2 Å². The molecule has 0 saturated carbocycles. The lowest BCUT2D eigenvalue weighted by atomic mass is 15.8. The molecule has 0 atom stereocenters. The third-order valence-electron chi connectivity index (χ3n) is 0. The van der Waals surface area contributed by atoms with E-state index in [1.54, 1.807) is 0 Å². The highest BCUT2D eigenvalue weighted by atomic mass is 32.5. The Morgan fingerprint density at radius 3 is 1.20 bits per heavy atom. The van der Waals surface area contributed by atoms with E-state index >= 15 is 0 Å². The minimum atomic E-state index is -3.22. The van der Waals surface area contributed by atoms with Gasteiger partial charge in [-0.15, -0.1) is 24.2 Å². The normalized spacial score (nSPS) is 12.0. The van der Waals surface area contributed by atoms with Crippen LogP contribution in [0, 0.1) is 0 Å². The average Bonchev–Trinajstić information content (AvgIpc) is 0.722. The summed E-state index contributed by atoms with van der Waals surface area (Å²) in [5, 5.41) is 0. The molecule has 0 aromatic rings. The van der Waals surface area contributed by atoms with Crippen LogP contribution in [0.2, 0.25) is 0 Å². The largest absolute Gasteiger partial charge is 0.463 e. The Hall–Kier alpha value is 0.837. The Morgan fingerprint density at radius 2 is 1.20 bits per heavy atom. The van der Waals surface area contributed by atoms with E-state index in [9.17, 15) is 0 Å². The van der Waals surface area contributed by atoms with Crippen molar-refractivity contribution in [1.82, 2.24) is 0 Å². The summed E-state index contributed by atoms with van der Waals surface area (Å²) in [5.41, 5.74) is 0. The van der Waals surface area contributed by atoms with Crippen molar-refractivity contribution in [2.75, 3.05) is 0 Å². The molecule has 2 N–H and O–H groups in total. The lowest BCUT2D eigenvalue weighted by molar-refractivity contribution is 0.429. The van der Waals surface area contributed by atoms with Crippen LogP contribution in [0.3, 0.4) is 0 Å². The molecule has 0 aliphatic carbocycles. The van der Waals surface area contributed by atoms with E-state index in [-0.39, 0.29) is 0 Å². The molecule has 0 aromatic heterocycles. The minimum Gasteiger partial charge on any atom is -0.395 e. The van der Waals surface area contributed by atoms with Gasteiger partial charge in [0, 0.05) is 0 Å². The third kappa shape index (κ3) is 55.6. The molecule has 0 aromatic carbocycles. The molecule has 0 spiro atoms. The van der Waals surface area contributed by atoms with E-state index in [0.29, 0.717) is 0 Å². The molecule has 0 aliphatic heterocycles. The topological polar surface area (TPSA) is 40.5 Å². The van der Waals surface area contributed by atoms with Crippen LogP contribution in [0.1, 0.15) is 0 Å². The Labute approximate surface area is 41.2 Å². The van der Waals surface area contributed by atoms with Gasteiger partial charge >= 0.3 is 6.86 Å². The summed E-state index contributed by atoms with van der Waals surface area (Å²) in [5.74, 6) is 0. The fraction of sp³-hybridized carbons (Fsp3) is 0. The Bertz CT molecular complexity index is 23.1. The van der Waals surface area contributed by atoms with Gasteiger partial charge in [0.2, 0.25) is 0 Å². The molecular formula is H4O2S2Si. The standard InChI is InChI=1S/H4O2S2Si/c1-5(2,3)4/h1-4H. The molecule has 32 valence electrons. The second-order valence-corrected chi connectivity index (χ2v) is 6.60. The van der Waals surface area contributed by atoms with Gasteiger partial charge in [-0.05, 0) is 0 Å². The Balaban J connectivity index is 3.02. The van der Waals surface area contributed by atoms with Crippen molar-refractivity contribution in [2.24, 2.45) is 0 Å². The van der Waals surface area contributed by atoms with Crippen molar-refractivity contribution < 1.29 is 9.59 Å².